The molecule has 0 spiro atoms. The third-order valence-electron chi connectivity index (χ3n) is 1.65. The molecular formula is C9H9Cl3. The second-order valence-electron chi connectivity index (χ2n) is 2.72. The van der Waals surface area contributed by atoms with Crippen molar-refractivity contribution in [2.45, 2.75) is 17.1 Å². The second kappa shape index (κ2) is 3.87. The Morgan fingerprint density at radius 2 is 1.75 bits per heavy atom. The molecule has 0 aliphatic rings. The Hall–Kier alpha value is 0.0900. The summed E-state index contributed by atoms with van der Waals surface area (Å²) in [6.07, 6.45) is 0.463. The number of hydrogen-bond donors (Lipinski definition) is 0. The number of hydrogen-bond acceptors (Lipinski definition) is 0. The number of benzene rings is 1. The van der Waals surface area contributed by atoms with Gasteiger partial charge in [-0.1, -0.05) is 59.1 Å². The van der Waals surface area contributed by atoms with Crippen molar-refractivity contribution in [3.8, 4) is 0 Å². The van der Waals surface area contributed by atoms with Crippen molar-refractivity contribution in [2.75, 3.05) is 0 Å². The summed E-state index contributed by atoms with van der Waals surface area (Å²) in [4.78, 5) is 0. The molecule has 0 bridgehead atoms. The maximum atomic E-state index is 5.67. The van der Waals surface area contributed by atoms with Gasteiger partial charge >= 0.3 is 0 Å². The van der Waals surface area contributed by atoms with E-state index >= 15 is 0 Å². The fraction of sp³-hybridized carbons (Fsp3) is 0.333. The zero-order valence-corrected chi connectivity index (χ0v) is 8.92. The van der Waals surface area contributed by atoms with Crippen LogP contribution < -0.4 is 0 Å². The molecule has 0 fully saturated rings. The lowest BCUT2D eigenvalue weighted by atomic mass is 10.1. The van der Waals surface area contributed by atoms with Gasteiger partial charge in [-0.25, -0.2) is 0 Å². The van der Waals surface area contributed by atoms with Gasteiger partial charge in [-0.15, -0.1) is 0 Å². The van der Waals surface area contributed by atoms with Crippen LogP contribution >= 0.6 is 34.8 Å². The van der Waals surface area contributed by atoms with E-state index in [1.165, 1.54) is 0 Å². The van der Waals surface area contributed by atoms with Gasteiger partial charge in [0.05, 0.1) is 0 Å². The maximum absolute atomic E-state index is 5.67. The Morgan fingerprint density at radius 1 is 1.17 bits per heavy atom. The van der Waals surface area contributed by atoms with Gasteiger partial charge < -0.3 is 0 Å². The van der Waals surface area contributed by atoms with Crippen LogP contribution in [-0.2, 0) is 6.42 Å². The van der Waals surface area contributed by atoms with Crippen molar-refractivity contribution in [1.82, 2.24) is 0 Å². The van der Waals surface area contributed by atoms with E-state index in [1.807, 2.05) is 31.2 Å². The molecule has 12 heavy (non-hydrogen) atoms. The van der Waals surface area contributed by atoms with Gasteiger partial charge in [-0.2, -0.15) is 0 Å². The van der Waals surface area contributed by atoms with Crippen LogP contribution in [0.2, 0.25) is 0 Å². The van der Waals surface area contributed by atoms with Gasteiger partial charge in [0.15, 0.2) is 3.79 Å². The molecular weight excluding hydrogens is 214 g/mol. The standard InChI is InChI=1S/C9H9Cl3/c1-7-4-2-3-5-8(7)6-9(10,11)12/h2-5H,6H2,1H3. The molecule has 1 aromatic carbocycles. The largest absolute Gasteiger partial charge is 0.194 e. The third kappa shape index (κ3) is 3.22. The highest BCUT2D eigenvalue weighted by Crippen LogP contribution is 2.31. The highest BCUT2D eigenvalue weighted by Gasteiger charge is 2.20. The first-order valence-electron chi connectivity index (χ1n) is 3.60. The molecule has 0 aromatic heterocycles. The molecule has 0 amide bonds. The predicted octanol–water partition coefficient (Wildman–Crippen LogP) is 3.91. The maximum Gasteiger partial charge on any atom is 0.194 e. The van der Waals surface area contributed by atoms with Gasteiger partial charge in [0.1, 0.15) is 0 Å². The Morgan fingerprint density at radius 3 is 2.25 bits per heavy atom. The number of rotatable bonds is 1. The van der Waals surface area contributed by atoms with Gasteiger partial charge in [-0.05, 0) is 18.1 Å². The van der Waals surface area contributed by atoms with E-state index in [2.05, 4.69) is 0 Å². The molecule has 0 unspecified atom stereocenters. The molecule has 0 N–H and O–H groups in total. The van der Waals surface area contributed by atoms with Crippen LogP contribution in [-0.4, -0.2) is 3.79 Å². The fourth-order valence-electron chi connectivity index (χ4n) is 1.02. The monoisotopic (exact) mass is 222 g/mol. The van der Waals surface area contributed by atoms with Crippen LogP contribution in [0.4, 0.5) is 0 Å². The topological polar surface area (TPSA) is 0 Å². The highest BCUT2D eigenvalue weighted by atomic mass is 35.6. The molecule has 1 rings (SSSR count). The lowest BCUT2D eigenvalue weighted by molar-refractivity contribution is 1.00. The van der Waals surface area contributed by atoms with Crippen LogP contribution in [0.15, 0.2) is 24.3 Å². The van der Waals surface area contributed by atoms with E-state index in [0.717, 1.165) is 11.1 Å². The molecule has 66 valence electrons. The summed E-state index contributed by atoms with van der Waals surface area (Å²) in [7, 11) is 0. The minimum atomic E-state index is -1.19. The normalized spacial score (nSPS) is 11.7. The summed E-state index contributed by atoms with van der Waals surface area (Å²) >= 11 is 17.0. The van der Waals surface area contributed by atoms with Gasteiger partial charge in [-0.3, -0.25) is 0 Å². The average Bonchev–Trinajstić information content (AvgIpc) is 1.91. The SMILES string of the molecule is Cc1ccccc1CC(Cl)(Cl)Cl. The van der Waals surface area contributed by atoms with E-state index < -0.39 is 3.79 Å². The Bertz CT molecular complexity index is 263. The summed E-state index contributed by atoms with van der Waals surface area (Å²) < 4.78 is -1.19. The van der Waals surface area contributed by atoms with E-state index in [0.29, 0.717) is 6.42 Å². The first kappa shape index (κ1) is 10.2. The fourth-order valence-corrected chi connectivity index (χ4v) is 1.46. The summed E-state index contributed by atoms with van der Waals surface area (Å²) in [5.74, 6) is 0. The van der Waals surface area contributed by atoms with E-state index in [-0.39, 0.29) is 0 Å². The van der Waals surface area contributed by atoms with Crippen LogP contribution in [0.1, 0.15) is 11.1 Å². The molecule has 0 aliphatic heterocycles. The zero-order chi connectivity index (χ0) is 9.19. The second-order valence-corrected chi connectivity index (χ2v) is 5.23. The summed E-state index contributed by atoms with van der Waals surface area (Å²) in [5.41, 5.74) is 2.24. The van der Waals surface area contributed by atoms with Crippen molar-refractivity contribution >= 4 is 34.8 Å². The predicted molar refractivity (Wildman–Crippen MR) is 55.2 cm³/mol. The molecule has 0 radical (unpaired) electrons. The van der Waals surface area contributed by atoms with Crippen molar-refractivity contribution in [2.24, 2.45) is 0 Å². The van der Waals surface area contributed by atoms with Gasteiger partial charge in [0, 0.05) is 6.42 Å². The number of halogens is 3. The first-order valence-corrected chi connectivity index (χ1v) is 4.74. The quantitative estimate of drug-likeness (QED) is 0.633. The summed E-state index contributed by atoms with van der Waals surface area (Å²) in [6, 6.07) is 7.89. The Kier molecular flexibility index (Phi) is 3.28. The number of alkyl halides is 3. The van der Waals surface area contributed by atoms with Gasteiger partial charge in [0.2, 0.25) is 0 Å². The van der Waals surface area contributed by atoms with Crippen molar-refractivity contribution < 1.29 is 0 Å². The average molecular weight is 224 g/mol. The van der Waals surface area contributed by atoms with Crippen LogP contribution in [0, 0.1) is 6.92 Å². The van der Waals surface area contributed by atoms with E-state index in [4.69, 9.17) is 34.8 Å². The minimum absolute atomic E-state index is 0.463. The van der Waals surface area contributed by atoms with Gasteiger partial charge in [0.25, 0.3) is 0 Å². The zero-order valence-electron chi connectivity index (χ0n) is 6.65. The molecule has 1 aromatic rings. The molecule has 0 saturated heterocycles. The Balaban J connectivity index is 2.83. The summed E-state index contributed by atoms with van der Waals surface area (Å²) in [5, 5.41) is 0. The van der Waals surface area contributed by atoms with Crippen LogP contribution in [0.5, 0.6) is 0 Å². The van der Waals surface area contributed by atoms with E-state index in [9.17, 15) is 0 Å². The minimum Gasteiger partial charge on any atom is -0.0833 e. The summed E-state index contributed by atoms with van der Waals surface area (Å²) in [6.45, 7) is 2.01. The molecule has 0 heterocycles. The Labute approximate surface area is 87.4 Å². The smallest absolute Gasteiger partial charge is 0.0833 e. The first-order chi connectivity index (χ1) is 5.49. The van der Waals surface area contributed by atoms with Crippen molar-refractivity contribution in [1.29, 1.82) is 0 Å². The van der Waals surface area contributed by atoms with Crippen molar-refractivity contribution in [3.63, 3.8) is 0 Å². The van der Waals surface area contributed by atoms with Crippen molar-refractivity contribution in [3.05, 3.63) is 35.4 Å². The lowest BCUT2D eigenvalue weighted by Gasteiger charge is -2.12. The molecule has 0 atom stereocenters. The van der Waals surface area contributed by atoms with Crippen LogP contribution in [0.25, 0.3) is 0 Å². The molecule has 0 saturated carbocycles. The molecule has 3 heteroatoms. The van der Waals surface area contributed by atoms with Crippen LogP contribution in [0.3, 0.4) is 0 Å². The lowest BCUT2D eigenvalue weighted by Crippen LogP contribution is -2.07. The highest BCUT2D eigenvalue weighted by molar-refractivity contribution is 6.67. The molecule has 0 aliphatic carbocycles. The molecule has 0 nitrogen and oxygen atoms in total. The van der Waals surface area contributed by atoms with E-state index in [1.54, 1.807) is 0 Å². The number of aryl methyl sites for hydroxylation is 1. The third-order valence-corrected chi connectivity index (χ3v) is 2.05.